The second-order valence-corrected chi connectivity index (χ2v) is 2.02. The fourth-order valence-electron chi connectivity index (χ4n) is 0.948. The van der Waals surface area contributed by atoms with Crippen LogP contribution in [0.15, 0.2) is 6.20 Å². The number of hydrogen-bond donors (Lipinski definition) is 0. The molecule has 0 bridgehead atoms. The number of rotatable bonds is 0. The first-order valence-electron chi connectivity index (χ1n) is 2.96. The van der Waals surface area contributed by atoms with Crippen molar-refractivity contribution in [2.24, 2.45) is 0 Å². The summed E-state index contributed by atoms with van der Waals surface area (Å²) in [6.45, 7) is 1.42. The molecule has 3 heteroatoms. The van der Waals surface area contributed by atoms with Crippen LogP contribution in [0.3, 0.4) is 0 Å². The van der Waals surface area contributed by atoms with Gasteiger partial charge in [-0.15, -0.1) is 0 Å². The monoisotopic (exact) mass is 123 g/mol. The van der Waals surface area contributed by atoms with Gasteiger partial charge in [-0.3, -0.25) is 0 Å². The molecule has 9 heavy (non-hydrogen) atoms. The van der Waals surface area contributed by atoms with E-state index in [0.29, 0.717) is 6.73 Å². The Bertz CT molecular complexity index is 186. The van der Waals surface area contributed by atoms with E-state index in [-0.39, 0.29) is 0 Å². The Kier molecular flexibility index (Phi) is 1.02. The van der Waals surface area contributed by atoms with E-state index in [1.54, 1.807) is 6.20 Å². The van der Waals surface area contributed by atoms with Crippen molar-refractivity contribution in [3.8, 4) is 0 Å². The van der Waals surface area contributed by atoms with E-state index in [4.69, 9.17) is 4.74 Å². The number of imidazole rings is 1. The summed E-state index contributed by atoms with van der Waals surface area (Å²) < 4.78 is 7.04. The lowest BCUT2D eigenvalue weighted by Crippen LogP contribution is -2.15. The molecule has 1 aromatic rings. The van der Waals surface area contributed by atoms with Gasteiger partial charge in [-0.2, -0.15) is 0 Å². The Balaban J connectivity index is 2.39. The SMILES string of the molecule is [c]1cnc2n1COCC2. The predicted octanol–water partition coefficient (Wildman–Crippen LogP) is 0.213. The van der Waals surface area contributed by atoms with E-state index in [1.165, 1.54) is 0 Å². The normalized spacial score (nSPS) is 17.3. The van der Waals surface area contributed by atoms with Crippen LogP contribution < -0.4 is 0 Å². The maximum absolute atomic E-state index is 5.15. The molecule has 0 fully saturated rings. The summed E-state index contributed by atoms with van der Waals surface area (Å²) in [5.41, 5.74) is 0. The van der Waals surface area contributed by atoms with Crippen molar-refractivity contribution in [2.45, 2.75) is 13.2 Å². The van der Waals surface area contributed by atoms with Crippen LogP contribution in [-0.2, 0) is 17.9 Å². The van der Waals surface area contributed by atoms with Gasteiger partial charge in [0.2, 0.25) is 0 Å². The van der Waals surface area contributed by atoms with Crippen molar-refractivity contribution in [3.63, 3.8) is 0 Å². The van der Waals surface area contributed by atoms with Gasteiger partial charge in [0.1, 0.15) is 12.6 Å². The van der Waals surface area contributed by atoms with Gasteiger partial charge in [0.15, 0.2) is 0 Å². The Morgan fingerprint density at radius 2 is 2.78 bits per heavy atom. The summed E-state index contributed by atoms with van der Waals surface area (Å²) >= 11 is 0. The van der Waals surface area contributed by atoms with E-state index in [2.05, 4.69) is 11.2 Å². The third-order valence-electron chi connectivity index (χ3n) is 1.43. The molecule has 1 aromatic heterocycles. The van der Waals surface area contributed by atoms with E-state index < -0.39 is 0 Å². The summed E-state index contributed by atoms with van der Waals surface area (Å²) in [6.07, 6.45) is 5.54. The molecule has 47 valence electrons. The molecule has 2 heterocycles. The van der Waals surface area contributed by atoms with Crippen LogP contribution in [0.4, 0.5) is 0 Å². The highest BCUT2D eigenvalue weighted by atomic mass is 16.5. The van der Waals surface area contributed by atoms with Crippen molar-refractivity contribution in [1.82, 2.24) is 9.55 Å². The van der Waals surface area contributed by atoms with Crippen LogP contribution in [0.2, 0.25) is 0 Å². The molecule has 0 spiro atoms. The van der Waals surface area contributed by atoms with Crippen LogP contribution in [0.25, 0.3) is 0 Å². The Morgan fingerprint density at radius 1 is 1.78 bits per heavy atom. The molecule has 0 atom stereocenters. The van der Waals surface area contributed by atoms with Gasteiger partial charge in [-0.1, -0.05) is 0 Å². The van der Waals surface area contributed by atoms with E-state index in [0.717, 1.165) is 18.9 Å². The van der Waals surface area contributed by atoms with Crippen molar-refractivity contribution in [1.29, 1.82) is 0 Å². The zero-order valence-electron chi connectivity index (χ0n) is 5.00. The quantitative estimate of drug-likeness (QED) is 0.493. The molecule has 0 N–H and O–H groups in total. The summed E-state index contributed by atoms with van der Waals surface area (Å²) in [5, 5.41) is 0. The second kappa shape index (κ2) is 1.84. The molecule has 1 aliphatic rings. The van der Waals surface area contributed by atoms with Crippen LogP contribution in [-0.4, -0.2) is 16.2 Å². The average molecular weight is 123 g/mol. The van der Waals surface area contributed by atoms with Crippen molar-refractivity contribution < 1.29 is 4.74 Å². The summed E-state index contributed by atoms with van der Waals surface area (Å²) in [4.78, 5) is 4.08. The van der Waals surface area contributed by atoms with Gasteiger partial charge in [-0.25, -0.2) is 4.98 Å². The van der Waals surface area contributed by atoms with Gasteiger partial charge in [0.05, 0.1) is 19.0 Å². The first-order valence-corrected chi connectivity index (χ1v) is 2.96. The fraction of sp³-hybridized carbons (Fsp3) is 0.500. The summed E-state index contributed by atoms with van der Waals surface area (Å²) in [7, 11) is 0. The molecule has 0 aromatic carbocycles. The molecule has 0 amide bonds. The van der Waals surface area contributed by atoms with Gasteiger partial charge < -0.3 is 9.30 Å². The van der Waals surface area contributed by atoms with Gasteiger partial charge >= 0.3 is 0 Å². The Labute approximate surface area is 53.3 Å². The second-order valence-electron chi connectivity index (χ2n) is 2.02. The topological polar surface area (TPSA) is 27.1 Å². The van der Waals surface area contributed by atoms with Gasteiger partial charge in [0.25, 0.3) is 0 Å². The van der Waals surface area contributed by atoms with E-state index in [9.17, 15) is 0 Å². The molecule has 0 saturated carbocycles. The number of ether oxygens (including phenoxy) is 1. The molecule has 2 rings (SSSR count). The van der Waals surface area contributed by atoms with Crippen molar-refractivity contribution in [2.75, 3.05) is 6.61 Å². The summed E-state index contributed by atoms with van der Waals surface area (Å²) in [6, 6.07) is 0. The lowest BCUT2D eigenvalue weighted by Gasteiger charge is -2.12. The zero-order chi connectivity index (χ0) is 6.10. The minimum Gasteiger partial charge on any atom is -0.360 e. The van der Waals surface area contributed by atoms with Crippen LogP contribution in [0.5, 0.6) is 0 Å². The van der Waals surface area contributed by atoms with E-state index >= 15 is 0 Å². The van der Waals surface area contributed by atoms with Gasteiger partial charge in [0, 0.05) is 6.42 Å². The highest BCUT2D eigenvalue weighted by Gasteiger charge is 2.07. The predicted molar refractivity (Wildman–Crippen MR) is 30.7 cm³/mol. The number of fused-ring (bicyclic) bond motifs is 1. The molecule has 1 radical (unpaired) electrons. The average Bonchev–Trinajstić information content (AvgIpc) is 2.33. The maximum Gasteiger partial charge on any atom is 0.124 e. The van der Waals surface area contributed by atoms with Crippen LogP contribution in [0, 0.1) is 6.20 Å². The molecule has 0 saturated heterocycles. The zero-order valence-corrected chi connectivity index (χ0v) is 5.00. The number of hydrogen-bond acceptors (Lipinski definition) is 2. The molecule has 3 nitrogen and oxygen atoms in total. The lowest BCUT2D eigenvalue weighted by molar-refractivity contribution is 0.0553. The minimum absolute atomic E-state index is 0.620. The summed E-state index contributed by atoms with van der Waals surface area (Å²) in [5.74, 6) is 1.08. The molecule has 0 aliphatic carbocycles. The molecule has 0 unspecified atom stereocenters. The minimum atomic E-state index is 0.620. The number of aromatic nitrogens is 2. The van der Waals surface area contributed by atoms with E-state index in [1.807, 2.05) is 4.57 Å². The smallest absolute Gasteiger partial charge is 0.124 e. The van der Waals surface area contributed by atoms with Crippen LogP contribution >= 0.6 is 0 Å². The Hall–Kier alpha value is -0.830. The first kappa shape index (κ1) is 4.99. The van der Waals surface area contributed by atoms with Crippen LogP contribution in [0.1, 0.15) is 5.82 Å². The molecular formula is C6H7N2O. The number of nitrogens with zero attached hydrogens (tertiary/aromatic N) is 2. The third-order valence-corrected chi connectivity index (χ3v) is 1.43. The fourth-order valence-corrected chi connectivity index (χ4v) is 0.948. The lowest BCUT2D eigenvalue weighted by atomic mass is 10.4. The highest BCUT2D eigenvalue weighted by molar-refractivity contribution is 4.91. The standard InChI is InChI=1S/C6H7N2O/c1-4-9-5-8-3-2-7-6(1)8/h2H,1,4-5H2. The largest absolute Gasteiger partial charge is 0.360 e. The first-order chi connectivity index (χ1) is 4.47. The maximum atomic E-state index is 5.15. The van der Waals surface area contributed by atoms with Crippen molar-refractivity contribution in [3.05, 3.63) is 18.2 Å². The molecular weight excluding hydrogens is 116 g/mol. The Morgan fingerprint density at radius 3 is 3.67 bits per heavy atom. The highest BCUT2D eigenvalue weighted by Crippen LogP contribution is 2.03. The molecule has 1 aliphatic heterocycles. The van der Waals surface area contributed by atoms with Crippen molar-refractivity contribution >= 4 is 0 Å². The van der Waals surface area contributed by atoms with Gasteiger partial charge in [-0.05, 0) is 0 Å². The third kappa shape index (κ3) is 0.733.